The number of aromatic nitrogens is 2. The minimum absolute atomic E-state index is 0.195. The molecule has 5 heteroatoms. The highest BCUT2D eigenvalue weighted by molar-refractivity contribution is 9.10. The predicted molar refractivity (Wildman–Crippen MR) is 87.2 cm³/mol. The first kappa shape index (κ1) is 14.6. The fourth-order valence-corrected chi connectivity index (χ4v) is 3.42. The zero-order valence-electron chi connectivity index (χ0n) is 12.4. The van der Waals surface area contributed by atoms with Gasteiger partial charge in [-0.2, -0.15) is 5.10 Å². The summed E-state index contributed by atoms with van der Waals surface area (Å²) in [6.07, 6.45) is 3.18. The Morgan fingerprint density at radius 1 is 1.43 bits per heavy atom. The number of hydrogen-bond donors (Lipinski definition) is 1. The monoisotopic (exact) mass is 349 g/mol. The van der Waals surface area contributed by atoms with Gasteiger partial charge in [0.1, 0.15) is 0 Å². The van der Waals surface area contributed by atoms with Gasteiger partial charge in [0.15, 0.2) is 0 Å². The molecule has 2 heterocycles. The Kier molecular flexibility index (Phi) is 4.02. The Morgan fingerprint density at radius 3 is 2.81 bits per heavy atom. The van der Waals surface area contributed by atoms with Crippen molar-refractivity contribution in [2.75, 3.05) is 13.1 Å². The van der Waals surface area contributed by atoms with Gasteiger partial charge in [-0.3, -0.25) is 9.89 Å². The zero-order valence-corrected chi connectivity index (χ0v) is 14.0. The molecule has 1 N–H and O–H groups in total. The Hall–Kier alpha value is -1.36. The third kappa shape index (κ3) is 2.98. The smallest absolute Gasteiger partial charge is 0.219 e. The molecule has 0 aliphatic carbocycles. The van der Waals surface area contributed by atoms with Gasteiger partial charge >= 0.3 is 0 Å². The molecule has 4 nitrogen and oxygen atoms in total. The van der Waals surface area contributed by atoms with Gasteiger partial charge in [-0.05, 0) is 49.8 Å². The number of piperidine rings is 1. The number of amides is 1. The van der Waals surface area contributed by atoms with Crippen molar-refractivity contribution >= 4 is 32.7 Å². The number of nitrogens with zero attached hydrogens (tertiary/aromatic N) is 2. The van der Waals surface area contributed by atoms with E-state index in [1.54, 1.807) is 6.92 Å². The number of fused-ring (bicyclic) bond motifs is 1. The summed E-state index contributed by atoms with van der Waals surface area (Å²) < 4.78 is 1.10. The van der Waals surface area contributed by atoms with Crippen molar-refractivity contribution in [1.82, 2.24) is 15.1 Å². The lowest BCUT2D eigenvalue weighted by atomic mass is 9.91. The number of carbonyl (C=O) groups excluding carboxylic acids is 1. The van der Waals surface area contributed by atoms with Crippen LogP contribution >= 0.6 is 15.9 Å². The molecule has 0 spiro atoms. The fourth-order valence-electron chi connectivity index (χ4n) is 3.09. The molecule has 21 heavy (non-hydrogen) atoms. The van der Waals surface area contributed by atoms with Crippen LogP contribution in [0.1, 0.15) is 31.0 Å². The number of carbonyl (C=O) groups is 1. The lowest BCUT2D eigenvalue weighted by Crippen LogP contribution is -2.37. The van der Waals surface area contributed by atoms with E-state index in [1.807, 2.05) is 4.90 Å². The molecule has 0 bridgehead atoms. The van der Waals surface area contributed by atoms with Crippen molar-refractivity contribution in [3.8, 4) is 0 Å². The Bertz CT molecular complexity index is 671. The van der Waals surface area contributed by atoms with E-state index in [4.69, 9.17) is 0 Å². The first-order valence-corrected chi connectivity index (χ1v) is 8.22. The molecular formula is C16H20BrN3O. The van der Waals surface area contributed by atoms with E-state index in [1.165, 1.54) is 16.6 Å². The summed E-state index contributed by atoms with van der Waals surface area (Å²) in [6, 6.07) is 4.27. The van der Waals surface area contributed by atoms with Crippen molar-refractivity contribution in [3.63, 3.8) is 0 Å². The fraction of sp³-hybridized carbons (Fsp3) is 0.500. The minimum atomic E-state index is 0.195. The third-order valence-corrected chi connectivity index (χ3v) is 5.32. The zero-order chi connectivity index (χ0) is 15.0. The molecule has 1 aliphatic heterocycles. The first-order valence-electron chi connectivity index (χ1n) is 7.43. The van der Waals surface area contributed by atoms with Gasteiger partial charge in [0.2, 0.25) is 5.91 Å². The SMILES string of the molecule is CC(=O)N1CCC(Cc2[nH]nc3cc(Br)c(C)cc23)CC1. The first-order chi connectivity index (χ1) is 10.0. The van der Waals surface area contributed by atoms with E-state index in [2.05, 4.69) is 45.2 Å². The van der Waals surface area contributed by atoms with Crippen LogP contribution in [0.5, 0.6) is 0 Å². The Morgan fingerprint density at radius 2 is 2.14 bits per heavy atom. The third-order valence-electron chi connectivity index (χ3n) is 4.47. The van der Waals surface area contributed by atoms with Crippen LogP contribution in [-0.2, 0) is 11.2 Å². The Balaban J connectivity index is 1.74. The summed E-state index contributed by atoms with van der Waals surface area (Å²) in [5.41, 5.74) is 3.47. The molecule has 0 unspecified atom stereocenters. The molecule has 0 atom stereocenters. The number of halogens is 1. The minimum Gasteiger partial charge on any atom is -0.343 e. The van der Waals surface area contributed by atoms with Crippen molar-refractivity contribution < 1.29 is 4.79 Å². The van der Waals surface area contributed by atoms with Crippen LogP contribution < -0.4 is 0 Å². The second kappa shape index (κ2) is 5.79. The normalized spacial score (nSPS) is 16.6. The molecule has 0 saturated carbocycles. The number of aromatic amines is 1. The maximum atomic E-state index is 11.4. The molecule has 1 aliphatic rings. The summed E-state index contributed by atoms with van der Waals surface area (Å²) in [6.45, 7) is 5.53. The highest BCUT2D eigenvalue weighted by atomic mass is 79.9. The number of rotatable bonds is 2. The van der Waals surface area contributed by atoms with E-state index in [-0.39, 0.29) is 5.91 Å². The van der Waals surface area contributed by atoms with Crippen LogP contribution in [0.2, 0.25) is 0 Å². The lowest BCUT2D eigenvalue weighted by Gasteiger charge is -2.31. The van der Waals surface area contributed by atoms with Gasteiger partial charge in [0.25, 0.3) is 0 Å². The van der Waals surface area contributed by atoms with Crippen LogP contribution in [-0.4, -0.2) is 34.1 Å². The van der Waals surface area contributed by atoms with Crippen LogP contribution in [0.15, 0.2) is 16.6 Å². The summed E-state index contributed by atoms with van der Waals surface area (Å²) in [5, 5.41) is 8.83. The molecule has 112 valence electrons. The molecule has 2 aromatic rings. The number of hydrogen-bond acceptors (Lipinski definition) is 2. The van der Waals surface area contributed by atoms with Crippen molar-refractivity contribution in [3.05, 3.63) is 27.9 Å². The second-order valence-electron chi connectivity index (χ2n) is 5.97. The van der Waals surface area contributed by atoms with E-state index in [9.17, 15) is 4.79 Å². The standard InChI is InChI=1S/C16H20BrN3O/c1-10-7-13-15(18-19-16(13)9-14(10)17)8-12-3-5-20(6-4-12)11(2)21/h7,9,12H,3-6,8H2,1-2H3,(H,18,19). The lowest BCUT2D eigenvalue weighted by molar-refractivity contribution is -0.130. The van der Waals surface area contributed by atoms with Crippen molar-refractivity contribution in [2.24, 2.45) is 5.92 Å². The van der Waals surface area contributed by atoms with Gasteiger partial charge in [-0.15, -0.1) is 0 Å². The van der Waals surface area contributed by atoms with E-state index < -0.39 is 0 Å². The van der Waals surface area contributed by atoms with Crippen molar-refractivity contribution in [2.45, 2.75) is 33.1 Å². The number of nitrogens with one attached hydrogen (secondary N) is 1. The number of aryl methyl sites for hydroxylation is 1. The topological polar surface area (TPSA) is 49.0 Å². The molecular weight excluding hydrogens is 330 g/mol. The highest BCUT2D eigenvalue weighted by Gasteiger charge is 2.22. The predicted octanol–water partition coefficient (Wildman–Crippen LogP) is 3.43. The summed E-state index contributed by atoms with van der Waals surface area (Å²) in [7, 11) is 0. The largest absolute Gasteiger partial charge is 0.343 e. The van der Waals surface area contributed by atoms with Crippen LogP contribution in [0, 0.1) is 12.8 Å². The number of likely N-dealkylation sites (tertiary alicyclic amines) is 1. The van der Waals surface area contributed by atoms with Gasteiger partial charge < -0.3 is 4.90 Å². The molecule has 1 amide bonds. The molecule has 1 saturated heterocycles. The van der Waals surface area contributed by atoms with Gasteiger partial charge in [-0.25, -0.2) is 0 Å². The maximum Gasteiger partial charge on any atom is 0.219 e. The summed E-state index contributed by atoms with van der Waals surface area (Å²) in [4.78, 5) is 13.3. The highest BCUT2D eigenvalue weighted by Crippen LogP contribution is 2.28. The summed E-state index contributed by atoms with van der Waals surface area (Å²) in [5.74, 6) is 0.828. The maximum absolute atomic E-state index is 11.4. The van der Waals surface area contributed by atoms with Crippen molar-refractivity contribution in [1.29, 1.82) is 0 Å². The Labute approximate surface area is 133 Å². The van der Waals surface area contributed by atoms with Gasteiger partial charge in [-0.1, -0.05) is 15.9 Å². The number of benzene rings is 1. The molecule has 1 fully saturated rings. The second-order valence-corrected chi connectivity index (χ2v) is 6.83. The summed E-state index contributed by atoms with van der Waals surface area (Å²) >= 11 is 3.55. The van der Waals surface area contributed by atoms with E-state index in [0.717, 1.165) is 42.3 Å². The van der Waals surface area contributed by atoms with Crippen LogP contribution in [0.3, 0.4) is 0 Å². The van der Waals surface area contributed by atoms with Crippen LogP contribution in [0.25, 0.3) is 10.9 Å². The molecule has 1 aromatic carbocycles. The van der Waals surface area contributed by atoms with E-state index >= 15 is 0 Å². The quantitative estimate of drug-likeness (QED) is 0.902. The average molecular weight is 350 g/mol. The van der Waals surface area contributed by atoms with E-state index in [0.29, 0.717) is 5.92 Å². The molecule has 1 aromatic heterocycles. The van der Waals surface area contributed by atoms with Crippen LogP contribution in [0.4, 0.5) is 0 Å². The van der Waals surface area contributed by atoms with Gasteiger partial charge in [0, 0.05) is 35.6 Å². The van der Waals surface area contributed by atoms with Gasteiger partial charge in [0.05, 0.1) is 5.52 Å². The molecule has 3 rings (SSSR count). The average Bonchev–Trinajstić information content (AvgIpc) is 2.82. The number of H-pyrrole nitrogens is 1. The molecule has 0 radical (unpaired) electrons.